The van der Waals surface area contributed by atoms with Gasteiger partial charge < -0.3 is 9.47 Å². The molecule has 0 N–H and O–H groups in total. The third-order valence-electron chi connectivity index (χ3n) is 2.89. The summed E-state index contributed by atoms with van der Waals surface area (Å²) in [7, 11) is 0. The monoisotopic (exact) mass is 233 g/mol. The Hall–Kier alpha value is -1.51. The highest BCUT2D eigenvalue weighted by Gasteiger charge is 2.16. The van der Waals surface area contributed by atoms with Gasteiger partial charge in [0.25, 0.3) is 0 Å². The van der Waals surface area contributed by atoms with Gasteiger partial charge >= 0.3 is 0 Å². The average Bonchev–Trinajstić information content (AvgIpc) is 2.32. The molecule has 0 amide bonds. The van der Waals surface area contributed by atoms with E-state index in [1.807, 2.05) is 20.8 Å². The maximum Gasteiger partial charge on any atom is 0.161 e. The van der Waals surface area contributed by atoms with E-state index >= 15 is 0 Å². The molecule has 1 aromatic rings. The summed E-state index contributed by atoms with van der Waals surface area (Å²) in [5.41, 5.74) is 3.60. The van der Waals surface area contributed by atoms with Gasteiger partial charge in [0, 0.05) is 17.8 Å². The quantitative estimate of drug-likeness (QED) is 0.800. The van der Waals surface area contributed by atoms with Gasteiger partial charge in [0.1, 0.15) is 0 Å². The first-order valence-electron chi connectivity index (χ1n) is 6.20. The minimum absolute atomic E-state index is 0.648. The maximum atomic E-state index is 5.63. The van der Waals surface area contributed by atoms with Crippen LogP contribution in [0, 0.1) is 0 Å². The molecule has 17 heavy (non-hydrogen) atoms. The fourth-order valence-corrected chi connectivity index (χ4v) is 2.11. The van der Waals surface area contributed by atoms with Crippen LogP contribution < -0.4 is 9.47 Å². The first kappa shape index (κ1) is 12.0. The molecule has 3 nitrogen and oxygen atoms in total. The fourth-order valence-electron chi connectivity index (χ4n) is 2.11. The van der Waals surface area contributed by atoms with Crippen LogP contribution in [0.25, 0.3) is 0 Å². The van der Waals surface area contributed by atoms with E-state index in [9.17, 15) is 0 Å². The predicted octanol–water partition coefficient (Wildman–Crippen LogP) is 2.85. The summed E-state index contributed by atoms with van der Waals surface area (Å²) >= 11 is 0. The van der Waals surface area contributed by atoms with E-state index in [0.717, 1.165) is 30.2 Å². The van der Waals surface area contributed by atoms with Crippen LogP contribution >= 0.6 is 0 Å². The molecule has 0 aliphatic carbocycles. The lowest BCUT2D eigenvalue weighted by molar-refractivity contribution is 0.287. The second-order valence-electron chi connectivity index (χ2n) is 4.04. The molecule has 92 valence electrons. The maximum absolute atomic E-state index is 5.63. The topological polar surface area (TPSA) is 30.8 Å². The minimum atomic E-state index is 0.648. The van der Waals surface area contributed by atoms with E-state index in [1.165, 1.54) is 11.1 Å². The summed E-state index contributed by atoms with van der Waals surface area (Å²) in [5, 5.41) is 0. The van der Waals surface area contributed by atoms with Crippen molar-refractivity contribution in [2.75, 3.05) is 19.8 Å². The number of rotatable bonds is 4. The van der Waals surface area contributed by atoms with E-state index in [4.69, 9.17) is 9.47 Å². The molecule has 0 unspecified atom stereocenters. The van der Waals surface area contributed by atoms with Crippen LogP contribution in [0.2, 0.25) is 0 Å². The standard InChI is InChI=1S/C14H19NO2/c1-4-16-13-8-11-6-7-15-10(3)12(11)9-14(13)17-5-2/h8-9H,4-7H2,1-3H3. The van der Waals surface area contributed by atoms with Crippen molar-refractivity contribution < 1.29 is 9.47 Å². The van der Waals surface area contributed by atoms with Crippen molar-refractivity contribution in [1.82, 2.24) is 0 Å². The summed E-state index contributed by atoms with van der Waals surface area (Å²) in [4.78, 5) is 4.47. The van der Waals surface area contributed by atoms with Crippen LogP contribution in [0.4, 0.5) is 0 Å². The molecular formula is C14H19NO2. The zero-order valence-corrected chi connectivity index (χ0v) is 10.7. The molecule has 1 aliphatic heterocycles. The predicted molar refractivity (Wildman–Crippen MR) is 69.6 cm³/mol. The molecule has 0 fully saturated rings. The molecule has 0 saturated heterocycles. The third-order valence-corrected chi connectivity index (χ3v) is 2.89. The molecule has 0 spiro atoms. The van der Waals surface area contributed by atoms with Crippen molar-refractivity contribution in [1.29, 1.82) is 0 Å². The van der Waals surface area contributed by atoms with Crippen LogP contribution in [0.1, 0.15) is 31.9 Å². The Bertz CT molecular complexity index is 438. The smallest absolute Gasteiger partial charge is 0.161 e. The lowest BCUT2D eigenvalue weighted by Crippen LogP contribution is -2.11. The molecule has 2 rings (SSSR count). The molecule has 1 heterocycles. The van der Waals surface area contributed by atoms with Crippen molar-refractivity contribution in [3.63, 3.8) is 0 Å². The summed E-state index contributed by atoms with van der Waals surface area (Å²) in [6, 6.07) is 4.16. The Morgan fingerprint density at radius 1 is 1.12 bits per heavy atom. The van der Waals surface area contributed by atoms with E-state index in [-0.39, 0.29) is 0 Å². The molecule has 1 aromatic carbocycles. The van der Waals surface area contributed by atoms with Crippen molar-refractivity contribution in [2.24, 2.45) is 4.99 Å². The molecule has 0 atom stereocenters. The zero-order valence-electron chi connectivity index (χ0n) is 10.7. The zero-order chi connectivity index (χ0) is 12.3. The van der Waals surface area contributed by atoms with E-state index < -0.39 is 0 Å². The largest absolute Gasteiger partial charge is 0.490 e. The van der Waals surface area contributed by atoms with Gasteiger partial charge in [-0.3, -0.25) is 4.99 Å². The Morgan fingerprint density at radius 3 is 2.41 bits per heavy atom. The van der Waals surface area contributed by atoms with Crippen molar-refractivity contribution >= 4 is 5.71 Å². The summed E-state index contributed by atoms with van der Waals surface area (Å²) in [6.45, 7) is 8.20. The molecule has 0 aromatic heterocycles. The normalized spacial score (nSPS) is 13.9. The van der Waals surface area contributed by atoms with E-state index in [0.29, 0.717) is 13.2 Å². The number of ether oxygens (including phenoxy) is 2. The summed E-state index contributed by atoms with van der Waals surface area (Å²) < 4.78 is 11.2. The van der Waals surface area contributed by atoms with E-state index in [2.05, 4.69) is 17.1 Å². The molecule has 1 aliphatic rings. The Kier molecular flexibility index (Phi) is 3.67. The van der Waals surface area contributed by atoms with Crippen LogP contribution in [-0.4, -0.2) is 25.5 Å². The number of aliphatic imine (C=N–C) groups is 1. The van der Waals surface area contributed by atoms with Crippen LogP contribution in [0.3, 0.4) is 0 Å². The fraction of sp³-hybridized carbons (Fsp3) is 0.500. The van der Waals surface area contributed by atoms with Gasteiger partial charge in [-0.15, -0.1) is 0 Å². The number of hydrogen-bond acceptors (Lipinski definition) is 3. The summed E-state index contributed by atoms with van der Waals surface area (Å²) in [6.07, 6.45) is 0.985. The SMILES string of the molecule is CCOc1cc2c(cc1OCC)C(C)=NCC2. The van der Waals surface area contributed by atoms with Gasteiger partial charge in [0.2, 0.25) is 0 Å². The van der Waals surface area contributed by atoms with Crippen molar-refractivity contribution in [2.45, 2.75) is 27.2 Å². The van der Waals surface area contributed by atoms with Crippen LogP contribution in [0.5, 0.6) is 11.5 Å². The van der Waals surface area contributed by atoms with Gasteiger partial charge in [0.05, 0.1) is 13.2 Å². The molecule has 0 bridgehead atoms. The molecule has 0 saturated carbocycles. The van der Waals surface area contributed by atoms with Gasteiger partial charge in [0.15, 0.2) is 11.5 Å². The number of benzene rings is 1. The lowest BCUT2D eigenvalue weighted by atomic mass is 9.97. The molecule has 3 heteroatoms. The Labute approximate surface area is 102 Å². The average molecular weight is 233 g/mol. The first-order chi connectivity index (χ1) is 8.26. The van der Waals surface area contributed by atoms with E-state index in [1.54, 1.807) is 0 Å². The second kappa shape index (κ2) is 5.21. The van der Waals surface area contributed by atoms with Crippen LogP contribution in [-0.2, 0) is 6.42 Å². The number of fused-ring (bicyclic) bond motifs is 1. The van der Waals surface area contributed by atoms with Crippen molar-refractivity contribution in [3.8, 4) is 11.5 Å². The van der Waals surface area contributed by atoms with Gasteiger partial charge in [-0.05, 0) is 44.9 Å². The van der Waals surface area contributed by atoms with Crippen molar-refractivity contribution in [3.05, 3.63) is 23.3 Å². The lowest BCUT2D eigenvalue weighted by Gasteiger charge is -2.18. The third kappa shape index (κ3) is 2.43. The van der Waals surface area contributed by atoms with Gasteiger partial charge in [-0.1, -0.05) is 0 Å². The first-order valence-corrected chi connectivity index (χ1v) is 6.20. The Morgan fingerprint density at radius 2 is 1.76 bits per heavy atom. The highest BCUT2D eigenvalue weighted by Crippen LogP contribution is 2.33. The molecular weight excluding hydrogens is 214 g/mol. The number of nitrogens with zero attached hydrogens (tertiary/aromatic N) is 1. The van der Waals surface area contributed by atoms with Gasteiger partial charge in [-0.25, -0.2) is 0 Å². The molecule has 0 radical (unpaired) electrons. The highest BCUT2D eigenvalue weighted by molar-refractivity contribution is 6.01. The second-order valence-corrected chi connectivity index (χ2v) is 4.04. The van der Waals surface area contributed by atoms with Crippen LogP contribution in [0.15, 0.2) is 17.1 Å². The Balaban J connectivity index is 2.44. The number of hydrogen-bond donors (Lipinski definition) is 0. The summed E-state index contributed by atoms with van der Waals surface area (Å²) in [5.74, 6) is 1.67. The van der Waals surface area contributed by atoms with Gasteiger partial charge in [-0.2, -0.15) is 0 Å². The minimum Gasteiger partial charge on any atom is -0.490 e. The highest BCUT2D eigenvalue weighted by atomic mass is 16.5.